The van der Waals surface area contributed by atoms with Crippen LogP contribution in [-0.4, -0.2) is 61.3 Å². The minimum atomic E-state index is -4.02. The highest BCUT2D eigenvalue weighted by molar-refractivity contribution is 7.92. The van der Waals surface area contributed by atoms with Gasteiger partial charge in [-0.2, -0.15) is 0 Å². The molecule has 0 bridgehead atoms. The second-order valence-electron chi connectivity index (χ2n) is 12.0. The number of ether oxygens (including phenoxy) is 1. The van der Waals surface area contributed by atoms with Crippen LogP contribution in [0.15, 0.2) is 52.1 Å². The molecule has 0 atom stereocenters. The Morgan fingerprint density at radius 3 is 2.00 bits per heavy atom. The highest BCUT2D eigenvalue weighted by atomic mass is 35.5. The van der Waals surface area contributed by atoms with Gasteiger partial charge in [-0.05, 0) is 68.2 Å². The Kier molecular flexibility index (Phi) is 11.4. The van der Waals surface area contributed by atoms with Gasteiger partial charge in [0, 0.05) is 37.0 Å². The predicted octanol–water partition coefficient (Wildman–Crippen LogP) is 8.43. The van der Waals surface area contributed by atoms with Gasteiger partial charge in [-0.1, -0.05) is 70.2 Å². The topological polar surface area (TPSA) is 86.3 Å². The second kappa shape index (κ2) is 14.4. The lowest BCUT2D eigenvalue weighted by Gasteiger charge is -2.50. The van der Waals surface area contributed by atoms with Gasteiger partial charge in [0.15, 0.2) is 5.11 Å². The number of thiocarbonyl (C=S) groups is 1. The zero-order chi connectivity index (χ0) is 30.4. The van der Waals surface area contributed by atoms with Gasteiger partial charge in [-0.25, -0.2) is 13.2 Å². The molecule has 2 aromatic rings. The lowest BCUT2D eigenvalue weighted by atomic mass is 10.2. The van der Waals surface area contributed by atoms with E-state index in [2.05, 4.69) is 40.2 Å². The summed E-state index contributed by atoms with van der Waals surface area (Å²) in [6.45, 7) is 11.0. The van der Waals surface area contributed by atoms with Crippen molar-refractivity contribution in [1.29, 1.82) is 0 Å². The van der Waals surface area contributed by atoms with Crippen LogP contribution in [0.5, 0.6) is 5.75 Å². The third-order valence-corrected chi connectivity index (χ3v) is 14.7. The largest absolute Gasteiger partial charge is 0.495 e. The highest BCUT2D eigenvalue weighted by Gasteiger charge is 2.44. The van der Waals surface area contributed by atoms with E-state index in [1.807, 2.05) is 0 Å². The summed E-state index contributed by atoms with van der Waals surface area (Å²) >= 11 is 12.4. The van der Waals surface area contributed by atoms with Crippen molar-refractivity contribution in [3.8, 4) is 5.75 Å². The molecule has 0 amide bonds. The molecule has 4 rings (SSSR count). The van der Waals surface area contributed by atoms with Crippen molar-refractivity contribution < 1.29 is 13.2 Å². The molecule has 0 radical (unpaired) electrons. The Hall–Kier alpha value is -1.68. The minimum absolute atomic E-state index is 0.0558. The van der Waals surface area contributed by atoms with Gasteiger partial charge in [0.2, 0.25) is 0 Å². The molecule has 0 unspecified atom stereocenters. The number of rotatable bonds is 7. The molecule has 2 saturated heterocycles. The number of methoxy groups -OCH3 is 1. The summed E-state index contributed by atoms with van der Waals surface area (Å²) < 4.78 is 45.6. The molecule has 232 valence electrons. The number of hydrogen-bond acceptors (Lipinski definition) is 4. The predicted molar refractivity (Wildman–Crippen MR) is 181 cm³/mol. The van der Waals surface area contributed by atoms with Gasteiger partial charge in [0.25, 0.3) is 10.0 Å². The third kappa shape index (κ3) is 7.69. The van der Waals surface area contributed by atoms with Crippen molar-refractivity contribution >= 4 is 57.7 Å². The minimum Gasteiger partial charge on any atom is -0.495 e. The molecule has 0 saturated carbocycles. The first-order valence-corrected chi connectivity index (χ1v) is 18.8. The third-order valence-electron chi connectivity index (χ3n) is 7.91. The molecule has 0 aromatic heterocycles. The molecule has 0 aliphatic carbocycles. The quantitative estimate of drug-likeness (QED) is 0.229. The first-order chi connectivity index (χ1) is 20.0. The molecule has 42 heavy (non-hydrogen) atoms. The summed E-state index contributed by atoms with van der Waals surface area (Å²) in [5.74, 6) is 0.413. The van der Waals surface area contributed by atoms with Gasteiger partial charge < -0.3 is 10.1 Å². The van der Waals surface area contributed by atoms with Crippen molar-refractivity contribution in [3.63, 3.8) is 0 Å². The monoisotopic (exact) mass is 653 g/mol. The number of hydrogen-bond donors (Lipinski definition) is 2. The Morgan fingerprint density at radius 2 is 1.48 bits per heavy atom. The molecule has 2 aliphatic heterocycles. The lowest BCUT2D eigenvalue weighted by Crippen LogP contribution is -2.42. The van der Waals surface area contributed by atoms with Gasteiger partial charge >= 0.3 is 0 Å². The standard InChI is InChI=1S/C30H45ClN5O3PS2/c1-30(2,3)40(35-19-11-5-6-12-20-35,36-21-13-7-8-14-22-36)33-29(41)32-24-17-18-25(31)28(23-24)42(37,38)34-26-15-9-10-16-27(26)39-4/h9-10,15-18,23,34H,5-8,11-14,19-22H2,1-4H3,(H,32,41). The van der Waals surface area contributed by atoms with E-state index in [0.29, 0.717) is 22.2 Å². The first-order valence-electron chi connectivity index (χ1n) is 14.9. The second-order valence-corrected chi connectivity index (χ2v) is 18.2. The van der Waals surface area contributed by atoms with Crippen LogP contribution in [0.25, 0.3) is 0 Å². The van der Waals surface area contributed by atoms with Crippen LogP contribution >= 0.6 is 31.2 Å². The van der Waals surface area contributed by atoms with Crippen LogP contribution < -0.4 is 14.8 Å². The van der Waals surface area contributed by atoms with E-state index in [9.17, 15) is 8.42 Å². The van der Waals surface area contributed by atoms with Crippen LogP contribution in [0.3, 0.4) is 0 Å². The fourth-order valence-corrected chi connectivity index (χ4v) is 12.6. The van der Waals surface area contributed by atoms with E-state index < -0.39 is 17.4 Å². The molecule has 0 spiro atoms. The lowest BCUT2D eigenvalue weighted by molar-refractivity contribution is 0.368. The summed E-state index contributed by atoms with van der Waals surface area (Å²) in [5, 5.41) is 3.62. The average molecular weight is 654 g/mol. The number of nitrogens with one attached hydrogen (secondary N) is 2. The van der Waals surface area contributed by atoms with Crippen molar-refractivity contribution in [3.05, 3.63) is 47.5 Å². The molecule has 8 nitrogen and oxygen atoms in total. The Balaban J connectivity index is 1.71. The molecular weight excluding hydrogens is 609 g/mol. The summed E-state index contributed by atoms with van der Waals surface area (Å²) in [6.07, 6.45) is 9.64. The van der Waals surface area contributed by atoms with E-state index in [1.54, 1.807) is 36.4 Å². The van der Waals surface area contributed by atoms with Gasteiger partial charge in [-0.15, -0.1) is 0 Å². The Morgan fingerprint density at radius 1 is 0.929 bits per heavy atom. The van der Waals surface area contributed by atoms with E-state index in [-0.39, 0.29) is 15.1 Å². The summed E-state index contributed by atoms with van der Waals surface area (Å²) in [7, 11) is -4.80. The molecule has 2 aliphatic rings. The van der Waals surface area contributed by atoms with E-state index in [0.717, 1.165) is 26.2 Å². The number of para-hydroxylation sites is 2. The average Bonchev–Trinajstić information content (AvgIpc) is 3.38. The van der Waals surface area contributed by atoms with E-state index in [4.69, 9.17) is 33.3 Å². The van der Waals surface area contributed by atoms with Gasteiger partial charge in [0.1, 0.15) is 18.0 Å². The highest BCUT2D eigenvalue weighted by Crippen LogP contribution is 2.67. The zero-order valence-corrected chi connectivity index (χ0v) is 28.5. The molecule has 2 heterocycles. The smallest absolute Gasteiger partial charge is 0.263 e. The number of anilines is 2. The summed E-state index contributed by atoms with van der Waals surface area (Å²) in [6, 6.07) is 11.7. The van der Waals surface area contributed by atoms with Crippen LogP contribution in [0.4, 0.5) is 11.4 Å². The maximum absolute atomic E-state index is 13.4. The first kappa shape index (κ1) is 33.2. The molecule has 2 aromatic carbocycles. The maximum Gasteiger partial charge on any atom is 0.263 e. The fourth-order valence-electron chi connectivity index (χ4n) is 5.96. The molecule has 12 heteroatoms. The number of sulfonamides is 1. The summed E-state index contributed by atoms with van der Waals surface area (Å²) in [4.78, 5) is -0.0558. The van der Waals surface area contributed by atoms with Gasteiger partial charge in [0.05, 0.1) is 17.8 Å². The Labute approximate surface area is 262 Å². The molecular formula is C30H45ClN5O3PS2. The van der Waals surface area contributed by atoms with Gasteiger partial charge in [-0.3, -0.25) is 14.1 Å². The number of nitrogens with zero attached hydrogens (tertiary/aromatic N) is 3. The van der Waals surface area contributed by atoms with Crippen LogP contribution in [0.2, 0.25) is 5.02 Å². The van der Waals surface area contributed by atoms with Crippen LogP contribution in [0.1, 0.15) is 72.1 Å². The summed E-state index contributed by atoms with van der Waals surface area (Å²) in [5.41, 5.74) is 0.849. The van der Waals surface area contributed by atoms with Crippen LogP contribution in [-0.2, 0) is 10.0 Å². The van der Waals surface area contributed by atoms with E-state index >= 15 is 0 Å². The zero-order valence-electron chi connectivity index (χ0n) is 25.2. The SMILES string of the molecule is COc1ccccc1NS(=O)(=O)c1cc(NC(=S)N=P(N2CCCCCC2)(N2CCCCCC2)C(C)(C)C)ccc1Cl. The van der Waals surface area contributed by atoms with Crippen molar-refractivity contribution in [2.45, 2.75) is 82.2 Å². The maximum atomic E-state index is 13.4. The Bertz CT molecular complexity index is 1370. The number of benzene rings is 2. The normalized spacial score (nSPS) is 18.0. The van der Waals surface area contributed by atoms with Crippen molar-refractivity contribution in [2.75, 3.05) is 43.3 Å². The number of halogens is 1. The molecule has 2 fully saturated rings. The van der Waals surface area contributed by atoms with Crippen molar-refractivity contribution in [1.82, 2.24) is 9.34 Å². The van der Waals surface area contributed by atoms with Crippen LogP contribution in [0, 0.1) is 0 Å². The van der Waals surface area contributed by atoms with E-state index in [1.165, 1.54) is 64.5 Å². The fraction of sp³-hybridized carbons (Fsp3) is 0.567. The molecule has 2 N–H and O–H groups in total. The van der Waals surface area contributed by atoms with Crippen molar-refractivity contribution in [2.24, 2.45) is 4.74 Å².